The minimum Gasteiger partial charge on any atom is -0.374 e. The Balaban J connectivity index is 2.72. The minimum absolute atomic E-state index is 0.276. The molecule has 0 aromatic rings. The van der Waals surface area contributed by atoms with Gasteiger partial charge in [-0.15, -0.1) is 13.2 Å². The molecule has 20 heavy (non-hydrogen) atoms. The second kappa shape index (κ2) is 9.36. The Morgan fingerprint density at radius 2 is 1.70 bits per heavy atom. The van der Waals surface area contributed by atoms with E-state index in [0.717, 1.165) is 19.3 Å². The zero-order valence-electron chi connectivity index (χ0n) is 13.5. The molecule has 0 aromatic carbocycles. The molecule has 0 aromatic heterocycles. The fourth-order valence-corrected chi connectivity index (χ4v) is 3.21. The second-order valence-corrected chi connectivity index (χ2v) is 6.03. The number of hydrogen-bond donors (Lipinski definition) is 0. The van der Waals surface area contributed by atoms with Gasteiger partial charge in [0, 0.05) is 11.8 Å². The number of rotatable bonds is 9. The van der Waals surface area contributed by atoms with E-state index in [4.69, 9.17) is 9.47 Å². The van der Waals surface area contributed by atoms with E-state index in [0.29, 0.717) is 30.7 Å². The Labute approximate surface area is 125 Å². The van der Waals surface area contributed by atoms with Crippen molar-refractivity contribution < 1.29 is 9.47 Å². The highest BCUT2D eigenvalue weighted by atomic mass is 16.5. The van der Waals surface area contributed by atoms with Gasteiger partial charge in [-0.3, -0.25) is 0 Å². The number of ether oxygens (including phenoxy) is 2. The maximum absolute atomic E-state index is 6.37. The van der Waals surface area contributed by atoms with Crippen LogP contribution in [-0.2, 0) is 9.47 Å². The van der Waals surface area contributed by atoms with Gasteiger partial charge in [-0.25, -0.2) is 0 Å². The monoisotopic (exact) mass is 280 g/mol. The van der Waals surface area contributed by atoms with Crippen LogP contribution in [0.4, 0.5) is 0 Å². The first-order chi connectivity index (χ1) is 9.65. The molecule has 5 atom stereocenters. The van der Waals surface area contributed by atoms with Crippen LogP contribution in [0.25, 0.3) is 0 Å². The van der Waals surface area contributed by atoms with E-state index < -0.39 is 0 Å². The molecular formula is C18H32O2. The molecule has 0 spiro atoms. The highest BCUT2D eigenvalue weighted by Gasteiger charge is 2.41. The molecule has 2 nitrogen and oxygen atoms in total. The molecule has 116 valence electrons. The molecule has 1 rings (SSSR count). The average Bonchev–Trinajstić information content (AvgIpc) is 2.45. The summed E-state index contributed by atoms with van der Waals surface area (Å²) >= 11 is 0. The van der Waals surface area contributed by atoms with E-state index >= 15 is 0 Å². The molecule has 5 unspecified atom stereocenters. The molecule has 1 aliphatic heterocycles. The Morgan fingerprint density at radius 3 is 2.25 bits per heavy atom. The summed E-state index contributed by atoms with van der Waals surface area (Å²) in [5.41, 5.74) is 0. The largest absolute Gasteiger partial charge is 0.374 e. The van der Waals surface area contributed by atoms with E-state index in [1.807, 2.05) is 12.2 Å². The lowest BCUT2D eigenvalue weighted by Gasteiger charge is -2.45. The van der Waals surface area contributed by atoms with Gasteiger partial charge in [0.05, 0.1) is 24.9 Å². The first-order valence-electron chi connectivity index (χ1n) is 8.14. The molecule has 1 fully saturated rings. The third-order valence-corrected chi connectivity index (χ3v) is 4.46. The summed E-state index contributed by atoms with van der Waals surface area (Å²) in [6, 6.07) is 0. The van der Waals surface area contributed by atoms with E-state index in [1.165, 1.54) is 12.8 Å². The van der Waals surface area contributed by atoms with Gasteiger partial charge in [-0.2, -0.15) is 0 Å². The predicted molar refractivity (Wildman–Crippen MR) is 85.9 cm³/mol. The van der Waals surface area contributed by atoms with E-state index in [-0.39, 0.29) is 6.10 Å². The quantitative estimate of drug-likeness (QED) is 0.567. The lowest BCUT2D eigenvalue weighted by molar-refractivity contribution is -0.180. The number of hydrogen-bond acceptors (Lipinski definition) is 2. The van der Waals surface area contributed by atoms with Crippen molar-refractivity contribution in [3.63, 3.8) is 0 Å². The van der Waals surface area contributed by atoms with Crippen LogP contribution in [0, 0.1) is 11.8 Å². The lowest BCUT2D eigenvalue weighted by atomic mass is 9.80. The fourth-order valence-electron chi connectivity index (χ4n) is 3.21. The Morgan fingerprint density at radius 1 is 1.05 bits per heavy atom. The molecule has 1 aliphatic rings. The van der Waals surface area contributed by atoms with E-state index in [9.17, 15) is 0 Å². The van der Waals surface area contributed by atoms with Crippen molar-refractivity contribution >= 4 is 0 Å². The molecule has 2 heteroatoms. The summed E-state index contributed by atoms with van der Waals surface area (Å²) in [5.74, 6) is 0.888. The second-order valence-electron chi connectivity index (χ2n) is 6.03. The average molecular weight is 280 g/mol. The van der Waals surface area contributed by atoms with Gasteiger partial charge in [0.1, 0.15) is 0 Å². The summed E-state index contributed by atoms with van der Waals surface area (Å²) in [5, 5.41) is 0. The molecule has 1 heterocycles. The highest BCUT2D eigenvalue weighted by molar-refractivity contribution is 4.90. The third-order valence-electron chi connectivity index (χ3n) is 4.46. The maximum atomic E-state index is 6.37. The van der Waals surface area contributed by atoms with Crippen LogP contribution >= 0.6 is 0 Å². The topological polar surface area (TPSA) is 18.5 Å². The van der Waals surface area contributed by atoms with Gasteiger partial charge in [-0.1, -0.05) is 45.8 Å². The summed E-state index contributed by atoms with van der Waals surface area (Å²) < 4.78 is 12.4. The predicted octanol–water partition coefficient (Wildman–Crippen LogP) is 4.75. The molecule has 0 N–H and O–H groups in total. The van der Waals surface area contributed by atoms with Gasteiger partial charge >= 0.3 is 0 Å². The van der Waals surface area contributed by atoms with Crippen LogP contribution in [0.15, 0.2) is 25.3 Å². The van der Waals surface area contributed by atoms with Crippen molar-refractivity contribution in [2.75, 3.05) is 6.61 Å². The zero-order valence-corrected chi connectivity index (χ0v) is 13.5. The van der Waals surface area contributed by atoms with Gasteiger partial charge in [0.25, 0.3) is 0 Å². The molecule has 0 radical (unpaired) electrons. The minimum atomic E-state index is 0.276. The number of unbranched alkanes of at least 4 members (excludes halogenated alkanes) is 1. The maximum Gasteiger partial charge on any atom is 0.0679 e. The van der Waals surface area contributed by atoms with Crippen molar-refractivity contribution in [2.45, 2.75) is 71.2 Å². The van der Waals surface area contributed by atoms with Gasteiger partial charge < -0.3 is 9.47 Å². The molecule has 0 aliphatic carbocycles. The van der Waals surface area contributed by atoms with Crippen molar-refractivity contribution in [1.29, 1.82) is 0 Å². The molecular weight excluding hydrogens is 248 g/mol. The Bertz CT molecular complexity index is 287. The zero-order chi connectivity index (χ0) is 15.0. The molecule has 1 saturated heterocycles. The standard InChI is InChI=1S/C18H32O2/c1-6-9-11-16-14(4)18(19-13-8-3)15(5)17(20-16)12-10-7-2/h6,8,14-18H,1,3,7,9-13H2,2,4-5H3. The van der Waals surface area contributed by atoms with Crippen LogP contribution in [-0.4, -0.2) is 24.9 Å². The summed E-state index contributed by atoms with van der Waals surface area (Å²) in [6.07, 6.45) is 10.4. The first kappa shape index (κ1) is 17.5. The van der Waals surface area contributed by atoms with Crippen molar-refractivity contribution in [2.24, 2.45) is 11.8 Å². The van der Waals surface area contributed by atoms with Crippen LogP contribution in [0.2, 0.25) is 0 Å². The fraction of sp³-hybridized carbons (Fsp3) is 0.778. The van der Waals surface area contributed by atoms with E-state index in [2.05, 4.69) is 33.9 Å². The molecule has 0 saturated carbocycles. The molecule has 0 bridgehead atoms. The first-order valence-corrected chi connectivity index (χ1v) is 8.14. The Kier molecular flexibility index (Phi) is 8.16. The molecule has 0 amide bonds. The van der Waals surface area contributed by atoms with Crippen molar-refractivity contribution in [3.8, 4) is 0 Å². The smallest absolute Gasteiger partial charge is 0.0679 e. The third kappa shape index (κ3) is 4.75. The van der Waals surface area contributed by atoms with Crippen LogP contribution < -0.4 is 0 Å². The highest BCUT2D eigenvalue weighted by Crippen LogP contribution is 2.36. The van der Waals surface area contributed by atoms with E-state index in [1.54, 1.807) is 0 Å². The van der Waals surface area contributed by atoms with Gasteiger partial charge in [0.2, 0.25) is 0 Å². The van der Waals surface area contributed by atoms with Crippen LogP contribution in [0.1, 0.15) is 52.9 Å². The van der Waals surface area contributed by atoms with Gasteiger partial charge in [-0.05, 0) is 19.3 Å². The summed E-state index contributed by atoms with van der Waals surface area (Å²) in [4.78, 5) is 0. The SMILES string of the molecule is C=CCCC1OC(CCCC)C(C)C(OCC=C)C1C. The summed E-state index contributed by atoms with van der Waals surface area (Å²) in [6.45, 7) is 15.0. The summed E-state index contributed by atoms with van der Waals surface area (Å²) in [7, 11) is 0. The Hall–Kier alpha value is -0.600. The van der Waals surface area contributed by atoms with Crippen LogP contribution in [0.5, 0.6) is 0 Å². The lowest BCUT2D eigenvalue weighted by Crippen LogP contribution is -2.50. The van der Waals surface area contributed by atoms with Crippen molar-refractivity contribution in [3.05, 3.63) is 25.3 Å². The van der Waals surface area contributed by atoms with Gasteiger partial charge in [0.15, 0.2) is 0 Å². The normalized spacial score (nSPS) is 33.9. The van der Waals surface area contributed by atoms with Crippen molar-refractivity contribution in [1.82, 2.24) is 0 Å². The van der Waals surface area contributed by atoms with Crippen LogP contribution in [0.3, 0.4) is 0 Å². The number of allylic oxidation sites excluding steroid dienone is 1.